The largest absolute Gasteiger partial charge is 0.294 e. The van der Waals surface area contributed by atoms with Gasteiger partial charge in [-0.05, 0) is 128 Å². The molecule has 0 fully saturated rings. The van der Waals surface area contributed by atoms with Gasteiger partial charge in [-0.25, -0.2) is 4.98 Å². The zero-order valence-corrected chi connectivity index (χ0v) is 47.3. The molecule has 0 saturated carbocycles. The Morgan fingerprint density at radius 3 is 0.875 bits per heavy atom. The lowest BCUT2D eigenvalue weighted by molar-refractivity contribution is 1.01. The van der Waals surface area contributed by atoms with Gasteiger partial charge >= 0.3 is 0 Å². The fourth-order valence-corrected chi connectivity index (χ4v) is 22.9. The lowest BCUT2D eigenvalue weighted by Crippen LogP contribution is -2.74. The minimum absolute atomic E-state index is 0.853. The average molecular weight is 1060 g/mol. The molecular weight excluding hydrogens is 1000 g/mol. The number of hydrogen-bond donors (Lipinski definition) is 0. The molecule has 14 rings (SSSR count). The predicted octanol–water partition coefficient (Wildman–Crippen LogP) is 12.3. The van der Waals surface area contributed by atoms with Crippen molar-refractivity contribution in [1.82, 2.24) is 19.1 Å². The van der Waals surface area contributed by atoms with Crippen LogP contribution in [0.25, 0.3) is 66.4 Å². The minimum atomic E-state index is -2.85. The number of hydrogen-bond acceptors (Lipinski definition) is 2. The van der Waals surface area contributed by atoms with Crippen LogP contribution in [-0.4, -0.2) is 35.2 Å². The topological polar surface area (TPSA) is 35.6 Å². The highest BCUT2D eigenvalue weighted by Crippen LogP contribution is 2.39. The Balaban J connectivity index is 1.05. The van der Waals surface area contributed by atoms with Gasteiger partial charge in [-0.3, -0.25) is 14.1 Å². The second kappa shape index (κ2) is 19.8. The molecule has 0 saturated heterocycles. The molecule has 80 heavy (non-hydrogen) atoms. The number of fused-ring (bicyclic) bond motifs is 6. The second-order valence-electron chi connectivity index (χ2n) is 21.3. The van der Waals surface area contributed by atoms with E-state index in [0.29, 0.717) is 0 Å². The van der Waals surface area contributed by atoms with Gasteiger partial charge in [-0.1, -0.05) is 243 Å². The number of aryl methyl sites for hydroxylation is 2. The van der Waals surface area contributed by atoms with Gasteiger partial charge in [0.1, 0.15) is 11.6 Å². The van der Waals surface area contributed by atoms with Gasteiger partial charge in [0.15, 0.2) is 16.1 Å². The van der Waals surface area contributed by atoms with Crippen molar-refractivity contribution in [1.29, 1.82) is 0 Å². The van der Waals surface area contributed by atoms with E-state index in [9.17, 15) is 0 Å². The third-order valence-corrected chi connectivity index (χ3v) is 26.7. The van der Waals surface area contributed by atoms with E-state index in [1.807, 2.05) is 0 Å². The molecule has 0 aliphatic heterocycles. The zero-order valence-electron chi connectivity index (χ0n) is 45.3. The quantitative estimate of drug-likeness (QED) is 0.0956. The van der Waals surface area contributed by atoms with Crippen molar-refractivity contribution in [3.05, 3.63) is 302 Å². The van der Waals surface area contributed by atoms with Crippen LogP contribution in [-0.2, 0) is 0 Å². The molecular formula is C74H58N4Si2. The van der Waals surface area contributed by atoms with Crippen LogP contribution in [0.4, 0.5) is 0 Å². The van der Waals surface area contributed by atoms with Gasteiger partial charge in [-0.15, -0.1) is 0 Å². The smallest absolute Gasteiger partial charge is 0.179 e. The zero-order chi connectivity index (χ0) is 54.0. The highest BCUT2D eigenvalue weighted by Gasteiger charge is 2.43. The fourth-order valence-electron chi connectivity index (χ4n) is 13.4. The summed E-state index contributed by atoms with van der Waals surface area (Å²) in [5.41, 5.74) is 11.1. The minimum Gasteiger partial charge on any atom is -0.294 e. The van der Waals surface area contributed by atoms with Gasteiger partial charge in [0, 0.05) is 32.9 Å². The summed E-state index contributed by atoms with van der Waals surface area (Å²) in [6, 6.07) is 104. The van der Waals surface area contributed by atoms with Crippen molar-refractivity contribution >= 4 is 101 Å². The van der Waals surface area contributed by atoms with E-state index < -0.39 is 16.1 Å². The number of benzene rings is 10. The molecule has 0 aliphatic rings. The second-order valence-corrected chi connectivity index (χ2v) is 29.0. The Hall–Kier alpha value is -9.47. The maximum atomic E-state index is 5.90. The van der Waals surface area contributed by atoms with Crippen molar-refractivity contribution in [3.8, 4) is 22.8 Å². The number of para-hydroxylation sites is 2. The number of nitrogens with zero attached hydrogens (tertiary/aromatic N) is 4. The van der Waals surface area contributed by atoms with Crippen molar-refractivity contribution in [2.24, 2.45) is 0 Å². The van der Waals surface area contributed by atoms with Crippen molar-refractivity contribution in [2.75, 3.05) is 0 Å². The Labute approximate surface area is 469 Å². The van der Waals surface area contributed by atoms with Crippen molar-refractivity contribution in [2.45, 2.75) is 27.7 Å². The maximum Gasteiger partial charge on any atom is 0.179 e. The van der Waals surface area contributed by atoms with Gasteiger partial charge in [0.05, 0.1) is 22.1 Å². The summed E-state index contributed by atoms with van der Waals surface area (Å²) in [5, 5.41) is 15.5. The molecule has 0 aliphatic carbocycles. The van der Waals surface area contributed by atoms with E-state index in [1.54, 1.807) is 0 Å². The molecule has 14 aromatic rings. The standard InChI is InChI=1S/C74H58N4Si2/c1-51-53(3)75-54(4)52(2)74(51)55-47-72(77-68-41-25-23-39-64(68)66-49-62(43-45-70(66)77)79(56-27-11-5-12-28-56,57-29-13-6-14-30-57)58-31-15-7-16-32-58)76-73(48-55)78-69-42-26-24-40-65(69)67-50-63(44-46-71(67)78)80(59-33-17-8-18-34-59,60-35-19-9-20-36-60)61-37-21-10-22-38-61/h5-50H,1-4H3. The molecule has 0 N–H and O–H groups in total. The normalized spacial score (nSPS) is 12.0. The van der Waals surface area contributed by atoms with Gasteiger partial charge in [0.2, 0.25) is 0 Å². The molecule has 6 heteroatoms. The summed E-state index contributed by atoms with van der Waals surface area (Å²) >= 11 is 0. The van der Waals surface area contributed by atoms with Crippen LogP contribution in [0, 0.1) is 27.7 Å². The van der Waals surface area contributed by atoms with Gasteiger partial charge in [0.25, 0.3) is 0 Å². The van der Waals surface area contributed by atoms with E-state index in [1.165, 1.54) is 79.7 Å². The van der Waals surface area contributed by atoms with Crippen molar-refractivity contribution in [3.63, 3.8) is 0 Å². The van der Waals surface area contributed by atoms with Gasteiger partial charge in [-0.2, -0.15) is 0 Å². The first-order valence-electron chi connectivity index (χ1n) is 27.7. The Bertz CT molecular complexity index is 4130. The summed E-state index contributed by atoms with van der Waals surface area (Å²) < 4.78 is 4.82. The summed E-state index contributed by atoms with van der Waals surface area (Å²) in [6.07, 6.45) is 0. The molecule has 382 valence electrons. The highest BCUT2D eigenvalue weighted by atomic mass is 28.3. The Kier molecular flexibility index (Phi) is 12.1. The van der Waals surface area contributed by atoms with Crippen LogP contribution in [0.1, 0.15) is 22.5 Å². The molecule has 4 heterocycles. The predicted molar refractivity (Wildman–Crippen MR) is 342 cm³/mol. The molecule has 0 spiro atoms. The Morgan fingerprint density at radius 2 is 0.550 bits per heavy atom. The van der Waals surface area contributed by atoms with Crippen LogP contribution >= 0.6 is 0 Å². The third-order valence-electron chi connectivity index (χ3n) is 17.2. The third kappa shape index (κ3) is 7.62. The first kappa shape index (κ1) is 48.9. The van der Waals surface area contributed by atoms with E-state index in [2.05, 4.69) is 316 Å². The summed E-state index contributed by atoms with van der Waals surface area (Å²) in [6.45, 7) is 8.71. The number of rotatable bonds is 11. The number of aromatic nitrogens is 4. The monoisotopic (exact) mass is 1060 g/mol. The highest BCUT2D eigenvalue weighted by molar-refractivity contribution is 7.20. The Morgan fingerprint density at radius 1 is 0.263 bits per heavy atom. The molecule has 0 amide bonds. The first-order valence-corrected chi connectivity index (χ1v) is 31.7. The average Bonchev–Trinajstić information content (AvgIpc) is 4.08. The van der Waals surface area contributed by atoms with Gasteiger partial charge < -0.3 is 0 Å². The van der Waals surface area contributed by atoms with Crippen LogP contribution in [0.2, 0.25) is 0 Å². The van der Waals surface area contributed by atoms with Crippen LogP contribution in [0.15, 0.2) is 279 Å². The molecule has 0 unspecified atom stereocenters. The van der Waals surface area contributed by atoms with Crippen LogP contribution < -0.4 is 41.5 Å². The lowest BCUT2D eigenvalue weighted by atomic mass is 9.94. The molecule has 4 nitrogen and oxygen atoms in total. The number of pyridine rings is 2. The van der Waals surface area contributed by atoms with Crippen molar-refractivity contribution < 1.29 is 0 Å². The molecule has 4 aromatic heterocycles. The maximum absolute atomic E-state index is 5.90. The molecule has 0 bridgehead atoms. The van der Waals surface area contributed by atoms with E-state index in [4.69, 9.17) is 9.97 Å². The van der Waals surface area contributed by atoms with E-state index in [-0.39, 0.29) is 0 Å². The lowest BCUT2D eigenvalue weighted by Gasteiger charge is -2.34. The summed E-state index contributed by atoms with van der Waals surface area (Å²) in [7, 11) is -5.71. The molecule has 10 aromatic carbocycles. The van der Waals surface area contributed by atoms with E-state index in [0.717, 1.165) is 50.7 Å². The molecule has 0 radical (unpaired) electrons. The summed E-state index contributed by atoms with van der Waals surface area (Å²) in [5.74, 6) is 1.71. The fraction of sp³-hybridized carbons (Fsp3) is 0.0541. The van der Waals surface area contributed by atoms with E-state index >= 15 is 0 Å². The first-order chi connectivity index (χ1) is 39.3. The van der Waals surface area contributed by atoms with Crippen LogP contribution in [0.5, 0.6) is 0 Å². The van der Waals surface area contributed by atoms with Crippen LogP contribution in [0.3, 0.4) is 0 Å². The summed E-state index contributed by atoms with van der Waals surface area (Å²) in [4.78, 5) is 10.9. The SMILES string of the molecule is Cc1nc(C)c(C)c(-c2cc(-n3c4ccccc4c4cc([Si](c5ccccc5)(c5ccccc5)c5ccccc5)ccc43)nc(-n3c4ccccc4c4cc([Si](c5ccccc5)(c5ccccc5)c5ccccc5)ccc43)c2)c1C. The molecule has 0 atom stereocenters.